The van der Waals surface area contributed by atoms with Crippen molar-refractivity contribution >= 4 is 5.91 Å². The summed E-state index contributed by atoms with van der Waals surface area (Å²) in [5.41, 5.74) is -0.123. The molecule has 1 aliphatic carbocycles. The van der Waals surface area contributed by atoms with Gasteiger partial charge in [-0.1, -0.05) is 33.1 Å². The van der Waals surface area contributed by atoms with Gasteiger partial charge >= 0.3 is 0 Å². The number of amides is 1. The molecule has 2 fully saturated rings. The predicted molar refractivity (Wildman–Crippen MR) is 83.6 cm³/mol. The van der Waals surface area contributed by atoms with E-state index < -0.39 is 0 Å². The van der Waals surface area contributed by atoms with E-state index in [0.29, 0.717) is 11.9 Å². The van der Waals surface area contributed by atoms with E-state index in [1.54, 1.807) is 0 Å². The molecule has 3 nitrogen and oxygen atoms in total. The second-order valence-corrected chi connectivity index (χ2v) is 7.15. The number of piperidine rings is 1. The molecule has 0 bridgehead atoms. The average Bonchev–Trinajstić information content (AvgIpc) is 2.47. The van der Waals surface area contributed by atoms with Crippen LogP contribution in [0.3, 0.4) is 0 Å². The van der Waals surface area contributed by atoms with E-state index in [0.717, 1.165) is 44.7 Å². The van der Waals surface area contributed by atoms with Crippen molar-refractivity contribution in [3.8, 4) is 0 Å². The molecule has 3 heteroatoms. The van der Waals surface area contributed by atoms with Crippen molar-refractivity contribution in [3.63, 3.8) is 0 Å². The van der Waals surface area contributed by atoms with E-state index in [1.165, 1.54) is 25.7 Å². The molecule has 0 aromatic heterocycles. The van der Waals surface area contributed by atoms with Gasteiger partial charge in [0.15, 0.2) is 0 Å². The Morgan fingerprint density at radius 1 is 1.35 bits per heavy atom. The Bertz CT molecular complexity index is 317. The molecule has 20 heavy (non-hydrogen) atoms. The van der Waals surface area contributed by atoms with Gasteiger partial charge in [0.05, 0.1) is 5.41 Å². The van der Waals surface area contributed by atoms with Crippen LogP contribution in [0.25, 0.3) is 0 Å². The molecule has 3 unspecified atom stereocenters. The minimum absolute atomic E-state index is 0.123. The number of carbonyl (C=O) groups excluding carboxylic acids is 1. The van der Waals surface area contributed by atoms with Crippen molar-refractivity contribution in [2.75, 3.05) is 20.1 Å². The number of nitrogens with one attached hydrogen (secondary N) is 1. The smallest absolute Gasteiger partial charge is 0.230 e. The maximum absolute atomic E-state index is 13.1. The third kappa shape index (κ3) is 3.36. The third-order valence-corrected chi connectivity index (χ3v) is 5.43. The molecular formula is C17H32N2O. The molecule has 0 aromatic carbocycles. The van der Waals surface area contributed by atoms with E-state index in [4.69, 9.17) is 0 Å². The molecular weight excluding hydrogens is 248 g/mol. The van der Waals surface area contributed by atoms with Gasteiger partial charge in [-0.3, -0.25) is 4.79 Å². The zero-order valence-electron chi connectivity index (χ0n) is 13.6. The van der Waals surface area contributed by atoms with Gasteiger partial charge in [-0.2, -0.15) is 0 Å². The van der Waals surface area contributed by atoms with Crippen molar-refractivity contribution in [1.29, 1.82) is 0 Å². The topological polar surface area (TPSA) is 32.3 Å². The van der Waals surface area contributed by atoms with Crippen LogP contribution in [0.1, 0.15) is 65.2 Å². The van der Waals surface area contributed by atoms with Crippen LogP contribution < -0.4 is 5.32 Å². The fourth-order valence-corrected chi connectivity index (χ4v) is 4.24. The van der Waals surface area contributed by atoms with Crippen LogP contribution in [0.15, 0.2) is 0 Å². The molecule has 2 rings (SSSR count). The summed E-state index contributed by atoms with van der Waals surface area (Å²) in [6, 6.07) is 0.474. The minimum atomic E-state index is -0.123. The summed E-state index contributed by atoms with van der Waals surface area (Å²) in [6.07, 6.45) is 9.34. The summed E-state index contributed by atoms with van der Waals surface area (Å²) < 4.78 is 0. The third-order valence-electron chi connectivity index (χ3n) is 5.43. The molecule has 0 aromatic rings. The summed E-state index contributed by atoms with van der Waals surface area (Å²) in [4.78, 5) is 15.2. The molecule has 3 atom stereocenters. The molecule has 1 N–H and O–H groups in total. The highest BCUT2D eigenvalue weighted by Crippen LogP contribution is 2.36. The summed E-state index contributed by atoms with van der Waals surface area (Å²) in [5.74, 6) is 1.18. The summed E-state index contributed by atoms with van der Waals surface area (Å²) in [6.45, 7) is 6.48. The van der Waals surface area contributed by atoms with Gasteiger partial charge in [-0.15, -0.1) is 0 Å². The number of rotatable bonds is 4. The van der Waals surface area contributed by atoms with Gasteiger partial charge in [0.25, 0.3) is 0 Å². The Labute approximate surface area is 124 Å². The summed E-state index contributed by atoms with van der Waals surface area (Å²) in [5, 5.41) is 3.46. The van der Waals surface area contributed by atoms with E-state index in [-0.39, 0.29) is 5.41 Å². The molecule has 1 amide bonds. The monoisotopic (exact) mass is 280 g/mol. The minimum Gasteiger partial charge on any atom is -0.342 e. The van der Waals surface area contributed by atoms with Crippen molar-refractivity contribution in [1.82, 2.24) is 10.2 Å². The van der Waals surface area contributed by atoms with Crippen molar-refractivity contribution in [2.45, 2.75) is 71.3 Å². The fraction of sp³-hybridized carbons (Fsp3) is 0.941. The number of hydrogen-bond acceptors (Lipinski definition) is 2. The highest BCUT2D eigenvalue weighted by atomic mass is 16.2. The normalized spacial score (nSPS) is 34.8. The lowest BCUT2D eigenvalue weighted by Crippen LogP contribution is -2.53. The standard InChI is InChI=1S/C17H32N2O/c1-4-9-17(10-6-11-18-13-17)16(20)19(3)15-8-5-7-14(2)12-15/h14-15,18H,4-13H2,1-3H3. The Balaban J connectivity index is 2.06. The molecule has 1 saturated carbocycles. The number of carbonyl (C=O) groups is 1. The Morgan fingerprint density at radius 2 is 2.15 bits per heavy atom. The first-order chi connectivity index (χ1) is 9.59. The van der Waals surface area contributed by atoms with Crippen LogP contribution in [-0.2, 0) is 4.79 Å². The maximum atomic E-state index is 13.1. The van der Waals surface area contributed by atoms with Crippen molar-refractivity contribution in [2.24, 2.45) is 11.3 Å². The van der Waals surface area contributed by atoms with Gasteiger partial charge < -0.3 is 10.2 Å². The zero-order valence-corrected chi connectivity index (χ0v) is 13.6. The molecule has 1 heterocycles. The largest absolute Gasteiger partial charge is 0.342 e. The Hall–Kier alpha value is -0.570. The Kier molecular flexibility index (Phi) is 5.48. The van der Waals surface area contributed by atoms with E-state index in [1.807, 2.05) is 0 Å². The van der Waals surface area contributed by atoms with Crippen LogP contribution in [0.5, 0.6) is 0 Å². The highest BCUT2D eigenvalue weighted by molar-refractivity contribution is 5.83. The zero-order chi connectivity index (χ0) is 14.6. The first kappa shape index (κ1) is 15.8. The molecule has 0 spiro atoms. The first-order valence-corrected chi connectivity index (χ1v) is 8.57. The summed E-state index contributed by atoms with van der Waals surface area (Å²) >= 11 is 0. The Morgan fingerprint density at radius 3 is 2.75 bits per heavy atom. The lowest BCUT2D eigenvalue weighted by molar-refractivity contribution is -0.145. The van der Waals surface area contributed by atoms with Gasteiger partial charge in [-0.05, 0) is 44.6 Å². The molecule has 116 valence electrons. The number of nitrogens with zero attached hydrogens (tertiary/aromatic N) is 1. The quantitative estimate of drug-likeness (QED) is 0.857. The molecule has 1 aliphatic heterocycles. The predicted octanol–water partition coefficient (Wildman–Crippen LogP) is 3.19. The highest BCUT2D eigenvalue weighted by Gasteiger charge is 2.42. The number of hydrogen-bond donors (Lipinski definition) is 1. The van der Waals surface area contributed by atoms with Gasteiger partial charge in [0.1, 0.15) is 0 Å². The first-order valence-electron chi connectivity index (χ1n) is 8.57. The second-order valence-electron chi connectivity index (χ2n) is 7.15. The van der Waals surface area contributed by atoms with Crippen LogP contribution in [0.4, 0.5) is 0 Å². The van der Waals surface area contributed by atoms with Gasteiger partial charge in [0.2, 0.25) is 5.91 Å². The van der Waals surface area contributed by atoms with E-state index in [2.05, 4.69) is 31.1 Å². The SMILES string of the molecule is CCCC1(C(=O)N(C)C2CCCC(C)C2)CCCNC1. The van der Waals surface area contributed by atoms with Gasteiger partial charge in [0, 0.05) is 19.6 Å². The van der Waals surface area contributed by atoms with Crippen molar-refractivity contribution < 1.29 is 4.79 Å². The molecule has 2 aliphatic rings. The van der Waals surface area contributed by atoms with E-state index in [9.17, 15) is 4.79 Å². The van der Waals surface area contributed by atoms with Crippen LogP contribution in [0.2, 0.25) is 0 Å². The maximum Gasteiger partial charge on any atom is 0.230 e. The van der Waals surface area contributed by atoms with Crippen molar-refractivity contribution in [3.05, 3.63) is 0 Å². The molecule has 0 radical (unpaired) electrons. The van der Waals surface area contributed by atoms with Crippen LogP contribution in [-0.4, -0.2) is 37.0 Å². The van der Waals surface area contributed by atoms with E-state index >= 15 is 0 Å². The lowest BCUT2D eigenvalue weighted by atomic mass is 9.75. The molecule has 1 saturated heterocycles. The fourth-order valence-electron chi connectivity index (χ4n) is 4.24. The van der Waals surface area contributed by atoms with Crippen LogP contribution >= 0.6 is 0 Å². The average molecular weight is 280 g/mol. The van der Waals surface area contributed by atoms with Crippen LogP contribution in [0, 0.1) is 11.3 Å². The second kappa shape index (κ2) is 6.93. The summed E-state index contributed by atoms with van der Waals surface area (Å²) in [7, 11) is 2.05. The lowest BCUT2D eigenvalue weighted by Gasteiger charge is -2.43. The van der Waals surface area contributed by atoms with Gasteiger partial charge in [-0.25, -0.2) is 0 Å².